The Kier molecular flexibility index (Phi) is 5.08. The summed E-state index contributed by atoms with van der Waals surface area (Å²) in [5, 5.41) is 3.28. The second kappa shape index (κ2) is 6.64. The van der Waals surface area contributed by atoms with Gasteiger partial charge in [-0.25, -0.2) is 4.79 Å². The Hall–Kier alpha value is -1.30. The molecule has 0 bridgehead atoms. The number of rotatable bonds is 1. The summed E-state index contributed by atoms with van der Waals surface area (Å²) in [7, 11) is 0. The number of nitrogens with one attached hydrogen (secondary N) is 1. The summed E-state index contributed by atoms with van der Waals surface area (Å²) >= 11 is 0. The Balaban J connectivity index is 1.80. The highest BCUT2D eigenvalue weighted by atomic mass is 16.6. The van der Waals surface area contributed by atoms with Gasteiger partial charge in [-0.15, -0.1) is 0 Å². The van der Waals surface area contributed by atoms with Crippen LogP contribution < -0.4 is 5.32 Å². The molecular formula is C15H27N3O3. The van der Waals surface area contributed by atoms with Crippen LogP contribution in [0.1, 0.15) is 40.0 Å². The number of piperidine rings is 1. The van der Waals surface area contributed by atoms with Crippen LogP contribution in [0.2, 0.25) is 0 Å². The van der Waals surface area contributed by atoms with E-state index >= 15 is 0 Å². The number of nitrogens with zero attached hydrogens (tertiary/aromatic N) is 2. The smallest absolute Gasteiger partial charge is 0.410 e. The minimum atomic E-state index is -0.476. The van der Waals surface area contributed by atoms with E-state index in [1.54, 1.807) is 4.90 Å². The molecule has 0 spiro atoms. The predicted octanol–water partition coefficient (Wildman–Crippen LogP) is 1.21. The van der Waals surface area contributed by atoms with Gasteiger partial charge in [0, 0.05) is 26.2 Å². The molecule has 21 heavy (non-hydrogen) atoms. The molecule has 1 N–H and O–H groups in total. The predicted molar refractivity (Wildman–Crippen MR) is 80.0 cm³/mol. The summed E-state index contributed by atoms with van der Waals surface area (Å²) in [6.45, 7) is 8.79. The minimum absolute atomic E-state index is 0.0353. The third kappa shape index (κ3) is 4.59. The number of piperazine rings is 1. The van der Waals surface area contributed by atoms with E-state index in [0.717, 1.165) is 25.8 Å². The molecular weight excluding hydrogens is 270 g/mol. The van der Waals surface area contributed by atoms with Crippen LogP contribution >= 0.6 is 0 Å². The highest BCUT2D eigenvalue weighted by molar-refractivity contribution is 5.82. The molecule has 2 amide bonds. The zero-order valence-corrected chi connectivity index (χ0v) is 13.4. The molecule has 0 radical (unpaired) electrons. The lowest BCUT2D eigenvalue weighted by Gasteiger charge is -2.37. The summed E-state index contributed by atoms with van der Waals surface area (Å²) < 4.78 is 5.36. The molecule has 120 valence electrons. The maximum absolute atomic E-state index is 12.4. The van der Waals surface area contributed by atoms with Gasteiger partial charge in [-0.2, -0.15) is 0 Å². The standard InChI is InChI=1S/C15H27N3O3/c1-15(2,3)21-14(20)18-10-8-17(9-11-18)13(19)12-6-4-5-7-16-12/h12,16H,4-11H2,1-3H3. The van der Waals surface area contributed by atoms with Gasteiger partial charge < -0.3 is 19.9 Å². The summed E-state index contributed by atoms with van der Waals surface area (Å²) in [5.74, 6) is 0.179. The SMILES string of the molecule is CC(C)(C)OC(=O)N1CCN(C(=O)C2CCCCN2)CC1. The number of hydrogen-bond acceptors (Lipinski definition) is 4. The van der Waals surface area contributed by atoms with Gasteiger partial charge in [-0.05, 0) is 40.2 Å². The summed E-state index contributed by atoms with van der Waals surface area (Å²) in [6, 6.07) is -0.0353. The van der Waals surface area contributed by atoms with Crippen molar-refractivity contribution in [3.05, 3.63) is 0 Å². The molecule has 0 saturated carbocycles. The Morgan fingerprint density at radius 2 is 1.67 bits per heavy atom. The summed E-state index contributed by atoms with van der Waals surface area (Å²) in [4.78, 5) is 27.9. The fourth-order valence-corrected chi connectivity index (χ4v) is 2.72. The van der Waals surface area contributed by atoms with Crippen molar-refractivity contribution in [3.8, 4) is 0 Å². The van der Waals surface area contributed by atoms with Crippen LogP contribution in [0.25, 0.3) is 0 Å². The van der Waals surface area contributed by atoms with Crippen LogP contribution in [0.5, 0.6) is 0 Å². The van der Waals surface area contributed by atoms with Crippen LogP contribution in [0.15, 0.2) is 0 Å². The normalized spacial score (nSPS) is 23.9. The number of ether oxygens (including phenoxy) is 1. The van der Waals surface area contributed by atoms with Crippen molar-refractivity contribution >= 4 is 12.0 Å². The second-order valence-corrected chi connectivity index (χ2v) is 6.80. The van der Waals surface area contributed by atoms with Crippen LogP contribution in [0.4, 0.5) is 4.79 Å². The first kappa shape index (κ1) is 16.1. The average Bonchev–Trinajstić information content (AvgIpc) is 2.46. The Morgan fingerprint density at radius 3 is 2.19 bits per heavy atom. The van der Waals surface area contributed by atoms with Crippen molar-refractivity contribution in [2.75, 3.05) is 32.7 Å². The average molecular weight is 297 g/mol. The van der Waals surface area contributed by atoms with Crippen molar-refractivity contribution in [1.82, 2.24) is 15.1 Å². The van der Waals surface area contributed by atoms with E-state index in [-0.39, 0.29) is 18.0 Å². The monoisotopic (exact) mass is 297 g/mol. The zero-order chi connectivity index (χ0) is 15.5. The molecule has 1 unspecified atom stereocenters. The highest BCUT2D eigenvalue weighted by Crippen LogP contribution is 2.14. The molecule has 2 fully saturated rings. The van der Waals surface area contributed by atoms with Gasteiger partial charge in [0.1, 0.15) is 5.60 Å². The first-order valence-corrected chi connectivity index (χ1v) is 7.87. The molecule has 0 aromatic rings. The number of carbonyl (C=O) groups excluding carboxylic acids is 2. The maximum Gasteiger partial charge on any atom is 0.410 e. The molecule has 2 aliphatic heterocycles. The van der Waals surface area contributed by atoms with Crippen LogP contribution in [0, 0.1) is 0 Å². The molecule has 0 aliphatic carbocycles. The second-order valence-electron chi connectivity index (χ2n) is 6.80. The third-order valence-electron chi connectivity index (χ3n) is 3.85. The van der Waals surface area contributed by atoms with Gasteiger partial charge in [0.05, 0.1) is 6.04 Å². The fraction of sp³-hybridized carbons (Fsp3) is 0.867. The van der Waals surface area contributed by atoms with Gasteiger partial charge in [-0.1, -0.05) is 6.42 Å². The van der Waals surface area contributed by atoms with E-state index in [2.05, 4.69) is 5.32 Å². The molecule has 2 saturated heterocycles. The first-order chi connectivity index (χ1) is 9.87. The molecule has 0 aromatic heterocycles. The van der Waals surface area contributed by atoms with Crippen molar-refractivity contribution in [2.24, 2.45) is 0 Å². The van der Waals surface area contributed by atoms with E-state index in [0.29, 0.717) is 26.2 Å². The van der Waals surface area contributed by atoms with Gasteiger partial charge >= 0.3 is 6.09 Å². The molecule has 0 aromatic carbocycles. The molecule has 2 rings (SSSR count). The van der Waals surface area contributed by atoms with Crippen molar-refractivity contribution in [2.45, 2.75) is 51.7 Å². The van der Waals surface area contributed by atoms with Crippen LogP contribution in [-0.4, -0.2) is 66.2 Å². The lowest BCUT2D eigenvalue weighted by molar-refractivity contribution is -0.135. The molecule has 2 aliphatic rings. The topological polar surface area (TPSA) is 61.9 Å². The molecule has 6 heteroatoms. The van der Waals surface area contributed by atoms with E-state index in [9.17, 15) is 9.59 Å². The van der Waals surface area contributed by atoms with Crippen LogP contribution in [0.3, 0.4) is 0 Å². The Labute approximate surface area is 126 Å². The van der Waals surface area contributed by atoms with Gasteiger partial charge in [0.15, 0.2) is 0 Å². The number of hydrogen-bond donors (Lipinski definition) is 1. The van der Waals surface area contributed by atoms with Crippen LogP contribution in [-0.2, 0) is 9.53 Å². The van der Waals surface area contributed by atoms with Gasteiger partial charge in [0.25, 0.3) is 0 Å². The van der Waals surface area contributed by atoms with E-state index in [1.165, 1.54) is 0 Å². The van der Waals surface area contributed by atoms with Crippen molar-refractivity contribution in [1.29, 1.82) is 0 Å². The van der Waals surface area contributed by atoms with E-state index in [1.807, 2.05) is 25.7 Å². The third-order valence-corrected chi connectivity index (χ3v) is 3.85. The lowest BCUT2D eigenvalue weighted by Crippen LogP contribution is -2.56. The molecule has 6 nitrogen and oxygen atoms in total. The number of amides is 2. The number of carbonyl (C=O) groups is 2. The highest BCUT2D eigenvalue weighted by Gasteiger charge is 2.31. The van der Waals surface area contributed by atoms with Crippen molar-refractivity contribution in [3.63, 3.8) is 0 Å². The van der Waals surface area contributed by atoms with Gasteiger partial charge in [-0.3, -0.25) is 4.79 Å². The van der Waals surface area contributed by atoms with Crippen molar-refractivity contribution < 1.29 is 14.3 Å². The fourth-order valence-electron chi connectivity index (χ4n) is 2.72. The molecule has 1 atom stereocenters. The Bertz CT molecular complexity index is 378. The lowest BCUT2D eigenvalue weighted by atomic mass is 10.0. The first-order valence-electron chi connectivity index (χ1n) is 7.87. The van der Waals surface area contributed by atoms with Gasteiger partial charge in [0.2, 0.25) is 5.91 Å². The summed E-state index contributed by atoms with van der Waals surface area (Å²) in [6.07, 6.45) is 2.90. The Morgan fingerprint density at radius 1 is 1.05 bits per heavy atom. The van der Waals surface area contributed by atoms with E-state index in [4.69, 9.17) is 4.74 Å². The largest absolute Gasteiger partial charge is 0.444 e. The minimum Gasteiger partial charge on any atom is -0.444 e. The van der Waals surface area contributed by atoms with E-state index < -0.39 is 5.60 Å². The zero-order valence-electron chi connectivity index (χ0n) is 13.4. The quantitative estimate of drug-likeness (QED) is 0.790. The molecule has 2 heterocycles. The summed E-state index contributed by atoms with van der Waals surface area (Å²) in [5.41, 5.74) is -0.476. The maximum atomic E-state index is 12.4.